The molecule has 3 aromatic rings. The van der Waals surface area contributed by atoms with Gasteiger partial charge in [0.05, 0.1) is 17.1 Å². The molecule has 4 heteroatoms. The first-order valence-corrected chi connectivity index (χ1v) is 6.52. The van der Waals surface area contributed by atoms with E-state index in [0.717, 1.165) is 22.2 Å². The molecule has 1 unspecified atom stereocenters. The molecule has 4 nitrogen and oxygen atoms in total. The van der Waals surface area contributed by atoms with Gasteiger partial charge in [0.25, 0.3) is 0 Å². The predicted molar refractivity (Wildman–Crippen MR) is 79.9 cm³/mol. The van der Waals surface area contributed by atoms with E-state index in [0.29, 0.717) is 0 Å². The standard InChI is InChI=1S/C16H16N4/c1-11-5-2-3-6-12(11)15(20-17)13-7-4-8-14-16(13)19-10-9-18-14/h2-10,15,20H,17H2,1H3. The molecular weight excluding hydrogens is 248 g/mol. The fourth-order valence-corrected chi connectivity index (χ4v) is 2.51. The number of nitrogens with two attached hydrogens (primary N) is 1. The van der Waals surface area contributed by atoms with Gasteiger partial charge in [-0.15, -0.1) is 0 Å². The SMILES string of the molecule is Cc1ccccc1C(NN)c1cccc2nccnc12. The lowest BCUT2D eigenvalue weighted by molar-refractivity contribution is 0.636. The van der Waals surface area contributed by atoms with Crippen LogP contribution in [-0.2, 0) is 0 Å². The van der Waals surface area contributed by atoms with E-state index in [1.54, 1.807) is 12.4 Å². The summed E-state index contributed by atoms with van der Waals surface area (Å²) >= 11 is 0. The summed E-state index contributed by atoms with van der Waals surface area (Å²) in [6, 6.07) is 14.1. The first kappa shape index (κ1) is 12.7. The van der Waals surface area contributed by atoms with Crippen molar-refractivity contribution in [2.45, 2.75) is 13.0 Å². The van der Waals surface area contributed by atoms with Gasteiger partial charge in [-0.05, 0) is 24.1 Å². The summed E-state index contributed by atoms with van der Waals surface area (Å²) in [5.41, 5.74) is 8.02. The number of nitrogens with zero attached hydrogens (tertiary/aromatic N) is 2. The molecule has 0 aliphatic carbocycles. The molecule has 100 valence electrons. The monoisotopic (exact) mass is 264 g/mol. The van der Waals surface area contributed by atoms with Crippen molar-refractivity contribution in [3.63, 3.8) is 0 Å². The Morgan fingerprint density at radius 2 is 1.70 bits per heavy atom. The van der Waals surface area contributed by atoms with E-state index < -0.39 is 0 Å². The third-order valence-electron chi connectivity index (χ3n) is 3.51. The lowest BCUT2D eigenvalue weighted by atomic mass is 9.94. The first-order valence-electron chi connectivity index (χ1n) is 6.52. The lowest BCUT2D eigenvalue weighted by Crippen LogP contribution is -2.29. The summed E-state index contributed by atoms with van der Waals surface area (Å²) in [6.07, 6.45) is 3.40. The Morgan fingerprint density at radius 1 is 0.950 bits per heavy atom. The molecule has 1 aromatic heterocycles. The van der Waals surface area contributed by atoms with E-state index in [9.17, 15) is 0 Å². The topological polar surface area (TPSA) is 63.8 Å². The fourth-order valence-electron chi connectivity index (χ4n) is 2.51. The molecule has 1 atom stereocenters. The number of hydrogen-bond donors (Lipinski definition) is 2. The molecule has 0 amide bonds. The third-order valence-corrected chi connectivity index (χ3v) is 3.51. The molecule has 3 N–H and O–H groups in total. The second-order valence-corrected chi connectivity index (χ2v) is 4.73. The maximum Gasteiger partial charge on any atom is 0.0938 e. The van der Waals surface area contributed by atoms with Gasteiger partial charge in [-0.3, -0.25) is 15.8 Å². The van der Waals surface area contributed by atoms with Crippen LogP contribution < -0.4 is 11.3 Å². The van der Waals surface area contributed by atoms with E-state index in [2.05, 4.69) is 34.5 Å². The molecule has 0 spiro atoms. The Bertz CT molecular complexity index is 734. The van der Waals surface area contributed by atoms with Crippen LogP contribution >= 0.6 is 0 Å². The highest BCUT2D eigenvalue weighted by atomic mass is 15.2. The zero-order valence-corrected chi connectivity index (χ0v) is 11.2. The Labute approximate surface area is 117 Å². The quantitative estimate of drug-likeness (QED) is 0.563. The van der Waals surface area contributed by atoms with Gasteiger partial charge in [0.1, 0.15) is 0 Å². The van der Waals surface area contributed by atoms with Crippen LogP contribution in [0.5, 0.6) is 0 Å². The summed E-state index contributed by atoms with van der Waals surface area (Å²) < 4.78 is 0. The van der Waals surface area contributed by atoms with Gasteiger partial charge in [-0.2, -0.15) is 0 Å². The first-order chi connectivity index (χ1) is 9.81. The molecule has 0 bridgehead atoms. The van der Waals surface area contributed by atoms with Gasteiger partial charge in [0.2, 0.25) is 0 Å². The zero-order chi connectivity index (χ0) is 13.9. The maximum atomic E-state index is 5.80. The smallest absolute Gasteiger partial charge is 0.0938 e. The second kappa shape index (κ2) is 5.36. The van der Waals surface area contributed by atoms with E-state index >= 15 is 0 Å². The highest BCUT2D eigenvalue weighted by Gasteiger charge is 2.17. The molecule has 3 rings (SSSR count). The largest absolute Gasteiger partial charge is 0.271 e. The minimum Gasteiger partial charge on any atom is -0.271 e. The molecular formula is C16H16N4. The van der Waals surface area contributed by atoms with Gasteiger partial charge < -0.3 is 0 Å². The van der Waals surface area contributed by atoms with Crippen LogP contribution in [0.1, 0.15) is 22.7 Å². The van der Waals surface area contributed by atoms with Crippen LogP contribution in [0.15, 0.2) is 54.9 Å². The predicted octanol–water partition coefficient (Wildman–Crippen LogP) is 2.49. The van der Waals surface area contributed by atoms with Gasteiger partial charge in [0.15, 0.2) is 0 Å². The molecule has 0 saturated heterocycles. The number of para-hydroxylation sites is 1. The van der Waals surface area contributed by atoms with Crippen molar-refractivity contribution < 1.29 is 0 Å². The minimum absolute atomic E-state index is 0.100. The van der Waals surface area contributed by atoms with E-state index in [4.69, 9.17) is 5.84 Å². The van der Waals surface area contributed by atoms with E-state index in [-0.39, 0.29) is 6.04 Å². The molecule has 0 aliphatic rings. The van der Waals surface area contributed by atoms with Crippen molar-refractivity contribution in [3.8, 4) is 0 Å². The summed E-state index contributed by atoms with van der Waals surface area (Å²) in [5, 5.41) is 0. The molecule has 0 saturated carbocycles. The van der Waals surface area contributed by atoms with E-state index in [1.165, 1.54) is 5.56 Å². The number of aryl methyl sites for hydroxylation is 1. The maximum absolute atomic E-state index is 5.80. The van der Waals surface area contributed by atoms with Crippen molar-refractivity contribution in [1.82, 2.24) is 15.4 Å². The number of fused-ring (bicyclic) bond motifs is 1. The van der Waals surface area contributed by atoms with Crippen LogP contribution in [0.2, 0.25) is 0 Å². The normalized spacial score (nSPS) is 12.5. The molecule has 0 fully saturated rings. The molecule has 0 aliphatic heterocycles. The van der Waals surface area contributed by atoms with Gasteiger partial charge in [-0.1, -0.05) is 36.4 Å². The molecule has 1 heterocycles. The van der Waals surface area contributed by atoms with E-state index in [1.807, 2.05) is 30.3 Å². The second-order valence-electron chi connectivity index (χ2n) is 4.73. The number of aromatic nitrogens is 2. The molecule has 2 aromatic carbocycles. The van der Waals surface area contributed by atoms with Crippen molar-refractivity contribution in [2.75, 3.05) is 0 Å². The van der Waals surface area contributed by atoms with Gasteiger partial charge >= 0.3 is 0 Å². The highest BCUT2D eigenvalue weighted by Crippen LogP contribution is 2.28. The minimum atomic E-state index is -0.100. The molecule has 20 heavy (non-hydrogen) atoms. The Balaban J connectivity index is 2.20. The summed E-state index contributed by atoms with van der Waals surface area (Å²) in [4.78, 5) is 8.79. The van der Waals surface area contributed by atoms with Crippen LogP contribution in [0, 0.1) is 6.92 Å². The van der Waals surface area contributed by atoms with Gasteiger partial charge in [-0.25, -0.2) is 5.43 Å². The summed E-state index contributed by atoms with van der Waals surface area (Å²) in [5.74, 6) is 5.80. The Hall–Kier alpha value is -2.30. The van der Waals surface area contributed by atoms with Crippen molar-refractivity contribution >= 4 is 11.0 Å². The summed E-state index contributed by atoms with van der Waals surface area (Å²) in [7, 11) is 0. The van der Waals surface area contributed by atoms with Gasteiger partial charge in [0, 0.05) is 18.0 Å². The lowest BCUT2D eigenvalue weighted by Gasteiger charge is -2.20. The number of benzene rings is 2. The third kappa shape index (κ3) is 2.15. The van der Waals surface area contributed by atoms with Crippen molar-refractivity contribution in [1.29, 1.82) is 0 Å². The van der Waals surface area contributed by atoms with Crippen LogP contribution in [0.3, 0.4) is 0 Å². The Kier molecular flexibility index (Phi) is 3.41. The number of nitrogens with one attached hydrogen (secondary N) is 1. The van der Waals surface area contributed by atoms with Crippen molar-refractivity contribution in [2.24, 2.45) is 5.84 Å². The number of hydrogen-bond acceptors (Lipinski definition) is 4. The Morgan fingerprint density at radius 3 is 2.50 bits per heavy atom. The number of hydrazine groups is 1. The number of rotatable bonds is 3. The molecule has 0 radical (unpaired) electrons. The average molecular weight is 264 g/mol. The van der Waals surface area contributed by atoms with Crippen LogP contribution in [-0.4, -0.2) is 9.97 Å². The van der Waals surface area contributed by atoms with Crippen molar-refractivity contribution in [3.05, 3.63) is 71.5 Å². The fraction of sp³-hybridized carbons (Fsp3) is 0.125. The van der Waals surface area contributed by atoms with Crippen LogP contribution in [0.4, 0.5) is 0 Å². The average Bonchev–Trinajstić information content (AvgIpc) is 2.50. The zero-order valence-electron chi connectivity index (χ0n) is 11.2. The van der Waals surface area contributed by atoms with Crippen LogP contribution in [0.25, 0.3) is 11.0 Å². The summed E-state index contributed by atoms with van der Waals surface area (Å²) in [6.45, 7) is 2.08. The highest BCUT2D eigenvalue weighted by molar-refractivity contribution is 5.78.